The number of nitrogens with zero attached hydrogens (tertiary/aromatic N) is 3. The number of fused-ring (bicyclic) bond motifs is 1. The van der Waals surface area contributed by atoms with Gasteiger partial charge < -0.3 is 10.5 Å². The lowest BCUT2D eigenvalue weighted by atomic mass is 10.2. The standard InChI is InChI=1S/C15H16N4OS/c1-8-9(2)21-15-13(8)14(16)18-11(19-15)6-10-4-5-12(20-3)17-7-10/h4-5,7H,6H2,1-3H3,(H2,16,18,19). The van der Waals surface area contributed by atoms with E-state index in [-0.39, 0.29) is 0 Å². The van der Waals surface area contributed by atoms with Gasteiger partial charge >= 0.3 is 0 Å². The normalized spacial score (nSPS) is 11.0. The molecule has 3 heterocycles. The monoisotopic (exact) mass is 300 g/mol. The van der Waals surface area contributed by atoms with Gasteiger partial charge in [-0.1, -0.05) is 6.07 Å². The van der Waals surface area contributed by atoms with Crippen LogP contribution in [0.1, 0.15) is 21.8 Å². The Morgan fingerprint density at radius 1 is 1.24 bits per heavy atom. The van der Waals surface area contributed by atoms with E-state index in [2.05, 4.69) is 28.8 Å². The second-order valence-electron chi connectivity index (χ2n) is 4.87. The lowest BCUT2D eigenvalue weighted by Gasteiger charge is -2.04. The summed E-state index contributed by atoms with van der Waals surface area (Å²) >= 11 is 1.66. The van der Waals surface area contributed by atoms with Gasteiger partial charge in [0.2, 0.25) is 5.88 Å². The van der Waals surface area contributed by atoms with Crippen molar-refractivity contribution in [2.24, 2.45) is 0 Å². The van der Waals surface area contributed by atoms with Gasteiger partial charge in [0.1, 0.15) is 16.5 Å². The zero-order valence-corrected chi connectivity index (χ0v) is 13.0. The van der Waals surface area contributed by atoms with E-state index in [1.807, 2.05) is 12.1 Å². The van der Waals surface area contributed by atoms with Gasteiger partial charge in [0.25, 0.3) is 0 Å². The number of nitrogens with two attached hydrogens (primary N) is 1. The van der Waals surface area contributed by atoms with Crippen LogP contribution >= 0.6 is 11.3 Å². The molecular formula is C15H16N4OS. The Morgan fingerprint density at radius 3 is 2.71 bits per heavy atom. The molecule has 0 atom stereocenters. The average Bonchev–Trinajstić information content (AvgIpc) is 2.75. The quantitative estimate of drug-likeness (QED) is 0.805. The SMILES string of the molecule is COc1ccc(Cc2nc(N)c3c(C)c(C)sc3n2)cn1. The van der Waals surface area contributed by atoms with Crippen molar-refractivity contribution < 1.29 is 4.74 Å². The molecule has 0 spiro atoms. The number of rotatable bonds is 3. The first-order valence-electron chi connectivity index (χ1n) is 6.59. The highest BCUT2D eigenvalue weighted by Crippen LogP contribution is 2.32. The highest BCUT2D eigenvalue weighted by molar-refractivity contribution is 7.18. The Hall–Kier alpha value is -2.21. The summed E-state index contributed by atoms with van der Waals surface area (Å²) in [6, 6.07) is 3.79. The van der Waals surface area contributed by atoms with Crippen LogP contribution in [0.25, 0.3) is 10.2 Å². The molecule has 0 aliphatic carbocycles. The Labute approximate surface area is 126 Å². The fourth-order valence-electron chi connectivity index (χ4n) is 2.22. The van der Waals surface area contributed by atoms with Crippen LogP contribution in [-0.2, 0) is 6.42 Å². The number of methoxy groups -OCH3 is 1. The highest BCUT2D eigenvalue weighted by Gasteiger charge is 2.13. The summed E-state index contributed by atoms with van der Waals surface area (Å²) in [6.07, 6.45) is 2.38. The third-order valence-electron chi connectivity index (χ3n) is 3.47. The van der Waals surface area contributed by atoms with E-state index in [0.717, 1.165) is 15.8 Å². The molecule has 0 aliphatic heterocycles. The predicted molar refractivity (Wildman–Crippen MR) is 84.9 cm³/mol. The second-order valence-corrected chi connectivity index (χ2v) is 6.08. The summed E-state index contributed by atoms with van der Waals surface area (Å²) in [6.45, 7) is 4.13. The number of aromatic nitrogens is 3. The summed E-state index contributed by atoms with van der Waals surface area (Å²) < 4.78 is 5.05. The van der Waals surface area contributed by atoms with Gasteiger partial charge in [-0.25, -0.2) is 15.0 Å². The number of thiophene rings is 1. The number of hydrogen-bond donors (Lipinski definition) is 1. The topological polar surface area (TPSA) is 73.9 Å². The van der Waals surface area contributed by atoms with Crippen LogP contribution in [-0.4, -0.2) is 22.1 Å². The van der Waals surface area contributed by atoms with Crippen LogP contribution in [0.2, 0.25) is 0 Å². The molecule has 0 radical (unpaired) electrons. The van der Waals surface area contributed by atoms with Crippen molar-refractivity contribution in [1.29, 1.82) is 0 Å². The first-order chi connectivity index (χ1) is 10.1. The molecule has 2 N–H and O–H groups in total. The van der Waals surface area contributed by atoms with Gasteiger partial charge in [0.15, 0.2) is 0 Å². The smallest absolute Gasteiger partial charge is 0.212 e. The molecule has 0 unspecified atom stereocenters. The molecule has 0 amide bonds. The van der Waals surface area contributed by atoms with Crippen LogP contribution in [0.3, 0.4) is 0 Å². The number of ether oxygens (including phenoxy) is 1. The van der Waals surface area contributed by atoms with Crippen molar-refractivity contribution >= 4 is 27.4 Å². The Kier molecular flexibility index (Phi) is 3.47. The van der Waals surface area contributed by atoms with Crippen molar-refractivity contribution in [1.82, 2.24) is 15.0 Å². The minimum atomic E-state index is 0.554. The zero-order chi connectivity index (χ0) is 15.0. The Balaban J connectivity index is 1.97. The number of anilines is 1. The summed E-state index contributed by atoms with van der Waals surface area (Å²) in [5.41, 5.74) is 8.29. The van der Waals surface area contributed by atoms with Crippen molar-refractivity contribution in [2.45, 2.75) is 20.3 Å². The summed E-state index contributed by atoms with van der Waals surface area (Å²) in [4.78, 5) is 15.4. The van der Waals surface area contributed by atoms with Crippen molar-refractivity contribution in [3.63, 3.8) is 0 Å². The fraction of sp³-hybridized carbons (Fsp3) is 0.267. The summed E-state index contributed by atoms with van der Waals surface area (Å²) in [5.74, 6) is 1.87. The molecule has 0 aromatic carbocycles. The maximum Gasteiger partial charge on any atom is 0.212 e. The Bertz CT molecular complexity index is 796. The summed E-state index contributed by atoms with van der Waals surface area (Å²) in [7, 11) is 1.60. The number of hydrogen-bond acceptors (Lipinski definition) is 6. The van der Waals surface area contributed by atoms with E-state index in [1.54, 1.807) is 24.6 Å². The molecule has 0 bridgehead atoms. The maximum atomic E-state index is 6.09. The van der Waals surface area contributed by atoms with Gasteiger partial charge in [-0.05, 0) is 25.0 Å². The number of nitrogen functional groups attached to an aromatic ring is 1. The van der Waals surface area contributed by atoms with Crippen LogP contribution in [0.15, 0.2) is 18.3 Å². The molecule has 21 heavy (non-hydrogen) atoms. The maximum absolute atomic E-state index is 6.09. The minimum Gasteiger partial charge on any atom is -0.481 e. The van der Waals surface area contributed by atoms with E-state index in [0.29, 0.717) is 23.9 Å². The van der Waals surface area contributed by atoms with Crippen molar-refractivity contribution in [2.75, 3.05) is 12.8 Å². The van der Waals surface area contributed by atoms with Gasteiger partial charge in [-0.15, -0.1) is 11.3 Å². The fourth-order valence-corrected chi connectivity index (χ4v) is 3.28. The molecule has 0 saturated heterocycles. The van der Waals surface area contributed by atoms with E-state index in [4.69, 9.17) is 10.5 Å². The summed E-state index contributed by atoms with van der Waals surface area (Å²) in [5, 5.41) is 0.981. The van der Waals surface area contributed by atoms with E-state index in [9.17, 15) is 0 Å². The molecule has 3 aromatic heterocycles. The van der Waals surface area contributed by atoms with Gasteiger partial charge in [-0.2, -0.15) is 0 Å². The molecular weight excluding hydrogens is 284 g/mol. The van der Waals surface area contributed by atoms with Gasteiger partial charge in [0.05, 0.1) is 12.5 Å². The molecule has 0 saturated carbocycles. The zero-order valence-electron chi connectivity index (χ0n) is 12.2. The minimum absolute atomic E-state index is 0.554. The highest BCUT2D eigenvalue weighted by atomic mass is 32.1. The predicted octanol–water partition coefficient (Wildman–Crippen LogP) is 2.88. The number of pyridine rings is 1. The lowest BCUT2D eigenvalue weighted by Crippen LogP contribution is -2.01. The first kappa shape index (κ1) is 13.8. The molecule has 3 aromatic rings. The Morgan fingerprint density at radius 2 is 2.05 bits per heavy atom. The average molecular weight is 300 g/mol. The van der Waals surface area contributed by atoms with Crippen LogP contribution in [0.5, 0.6) is 5.88 Å². The largest absolute Gasteiger partial charge is 0.481 e. The van der Waals surface area contributed by atoms with Crippen molar-refractivity contribution in [3.8, 4) is 5.88 Å². The van der Waals surface area contributed by atoms with Crippen LogP contribution in [0, 0.1) is 13.8 Å². The van der Waals surface area contributed by atoms with Crippen LogP contribution < -0.4 is 10.5 Å². The molecule has 108 valence electrons. The molecule has 3 rings (SSSR count). The van der Waals surface area contributed by atoms with E-state index in [1.165, 1.54) is 10.4 Å². The van der Waals surface area contributed by atoms with Crippen molar-refractivity contribution in [3.05, 3.63) is 40.2 Å². The van der Waals surface area contributed by atoms with Gasteiger partial charge in [0, 0.05) is 23.6 Å². The third kappa shape index (κ3) is 2.54. The van der Waals surface area contributed by atoms with Crippen LogP contribution in [0.4, 0.5) is 5.82 Å². The third-order valence-corrected chi connectivity index (χ3v) is 4.57. The second kappa shape index (κ2) is 5.29. The first-order valence-corrected chi connectivity index (χ1v) is 7.41. The van der Waals surface area contributed by atoms with Gasteiger partial charge in [-0.3, -0.25) is 0 Å². The van der Waals surface area contributed by atoms with E-state index >= 15 is 0 Å². The molecule has 6 heteroatoms. The molecule has 0 aliphatic rings. The molecule has 0 fully saturated rings. The number of aryl methyl sites for hydroxylation is 2. The molecule has 5 nitrogen and oxygen atoms in total. The lowest BCUT2D eigenvalue weighted by molar-refractivity contribution is 0.397. The van der Waals surface area contributed by atoms with E-state index < -0.39 is 0 Å².